The lowest BCUT2D eigenvalue weighted by atomic mass is 10.0. The Labute approximate surface area is 177 Å². The van der Waals surface area contributed by atoms with E-state index in [0.717, 1.165) is 56.2 Å². The number of ether oxygens (including phenoxy) is 1. The molecule has 1 aromatic carbocycles. The van der Waals surface area contributed by atoms with Crippen LogP contribution in [0, 0.1) is 5.92 Å². The number of benzene rings is 1. The van der Waals surface area contributed by atoms with Crippen LogP contribution in [0.5, 0.6) is 5.75 Å². The number of carbonyl (C=O) groups excluding carboxylic acids is 1. The van der Waals surface area contributed by atoms with Gasteiger partial charge in [0.05, 0.1) is 18.5 Å². The van der Waals surface area contributed by atoms with Crippen molar-refractivity contribution in [1.82, 2.24) is 24.2 Å². The number of hydrogen-bond acceptors (Lipinski definition) is 5. The van der Waals surface area contributed by atoms with Crippen LogP contribution in [0.3, 0.4) is 0 Å². The van der Waals surface area contributed by atoms with Crippen molar-refractivity contribution in [3.05, 3.63) is 60.3 Å². The van der Waals surface area contributed by atoms with Crippen LogP contribution >= 0.6 is 0 Å². The molecule has 0 saturated carbocycles. The van der Waals surface area contributed by atoms with Gasteiger partial charge in [-0.3, -0.25) is 14.7 Å². The third kappa shape index (κ3) is 4.79. The zero-order chi connectivity index (χ0) is 20.9. The summed E-state index contributed by atoms with van der Waals surface area (Å²) in [5.74, 6) is 1.38. The molecule has 1 aliphatic heterocycles. The smallest absolute Gasteiger partial charge is 0.219 e. The lowest BCUT2D eigenvalue weighted by molar-refractivity contribution is -0.129. The van der Waals surface area contributed by atoms with E-state index in [1.54, 1.807) is 13.1 Å². The maximum atomic E-state index is 12.2. The van der Waals surface area contributed by atoms with Gasteiger partial charge in [0.2, 0.25) is 5.91 Å². The number of carbonyl (C=O) groups is 1. The van der Waals surface area contributed by atoms with Crippen molar-refractivity contribution in [3.8, 4) is 5.75 Å². The van der Waals surface area contributed by atoms with Gasteiger partial charge in [0.1, 0.15) is 5.75 Å². The first-order valence-electron chi connectivity index (χ1n) is 10.6. The summed E-state index contributed by atoms with van der Waals surface area (Å²) in [6.07, 6.45) is 8.39. The van der Waals surface area contributed by atoms with Crippen molar-refractivity contribution in [2.24, 2.45) is 5.92 Å². The van der Waals surface area contributed by atoms with Gasteiger partial charge in [-0.25, -0.2) is 4.98 Å². The van der Waals surface area contributed by atoms with Crippen LogP contribution in [0.2, 0.25) is 0 Å². The van der Waals surface area contributed by atoms with Crippen LogP contribution < -0.4 is 4.74 Å². The zero-order valence-electron chi connectivity index (χ0n) is 17.7. The normalized spacial score (nSPS) is 17.8. The molecule has 0 N–H and O–H groups in total. The predicted octanol–water partition coefficient (Wildman–Crippen LogP) is 2.65. The van der Waals surface area contributed by atoms with Crippen molar-refractivity contribution in [2.45, 2.75) is 26.8 Å². The summed E-state index contributed by atoms with van der Waals surface area (Å²) in [6, 6.07) is 8.22. The minimum Gasteiger partial charge on any atom is -0.494 e. The molecule has 1 fully saturated rings. The fraction of sp³-hybridized carbons (Fsp3) is 0.435. The average Bonchev–Trinajstić information content (AvgIpc) is 3.10. The number of rotatable bonds is 6. The molecular formula is C23H29N5O2. The number of para-hydroxylation sites is 1. The topological polar surface area (TPSA) is 63.0 Å². The maximum absolute atomic E-state index is 12.2. The summed E-state index contributed by atoms with van der Waals surface area (Å²) < 4.78 is 7.81. The highest BCUT2D eigenvalue weighted by Crippen LogP contribution is 2.22. The molecule has 1 aliphatic rings. The molecule has 0 bridgehead atoms. The summed E-state index contributed by atoms with van der Waals surface area (Å²) in [5.41, 5.74) is 3.05. The van der Waals surface area contributed by atoms with E-state index < -0.39 is 0 Å². The van der Waals surface area contributed by atoms with Gasteiger partial charge in [-0.1, -0.05) is 18.2 Å². The van der Waals surface area contributed by atoms with Crippen LogP contribution in [0.25, 0.3) is 5.65 Å². The lowest BCUT2D eigenvalue weighted by Crippen LogP contribution is -2.34. The number of hydrogen-bond donors (Lipinski definition) is 0. The molecule has 0 radical (unpaired) electrons. The minimum atomic E-state index is 0.134. The molecule has 7 nitrogen and oxygen atoms in total. The second-order valence-electron chi connectivity index (χ2n) is 7.88. The highest BCUT2D eigenvalue weighted by Gasteiger charge is 2.25. The Bertz CT molecular complexity index is 1000. The first kappa shape index (κ1) is 20.3. The highest BCUT2D eigenvalue weighted by atomic mass is 16.5. The Morgan fingerprint density at radius 2 is 2.07 bits per heavy atom. The van der Waals surface area contributed by atoms with E-state index in [9.17, 15) is 4.79 Å². The minimum absolute atomic E-state index is 0.134. The van der Waals surface area contributed by atoms with E-state index in [4.69, 9.17) is 4.74 Å². The predicted molar refractivity (Wildman–Crippen MR) is 115 cm³/mol. The summed E-state index contributed by atoms with van der Waals surface area (Å²) in [6.45, 7) is 8.39. The Hall–Kier alpha value is -2.93. The first-order valence-corrected chi connectivity index (χ1v) is 10.6. The van der Waals surface area contributed by atoms with E-state index in [1.165, 1.54) is 5.56 Å². The highest BCUT2D eigenvalue weighted by molar-refractivity contribution is 5.73. The van der Waals surface area contributed by atoms with E-state index in [2.05, 4.69) is 27.0 Å². The number of imidazole rings is 1. The Morgan fingerprint density at radius 1 is 1.20 bits per heavy atom. The Morgan fingerprint density at radius 3 is 2.90 bits per heavy atom. The molecule has 3 heterocycles. The van der Waals surface area contributed by atoms with Gasteiger partial charge in [0, 0.05) is 63.8 Å². The summed E-state index contributed by atoms with van der Waals surface area (Å²) in [4.78, 5) is 25.4. The van der Waals surface area contributed by atoms with Crippen molar-refractivity contribution in [2.75, 3.05) is 32.8 Å². The summed E-state index contributed by atoms with van der Waals surface area (Å²) in [5, 5.41) is 0. The third-order valence-corrected chi connectivity index (χ3v) is 5.62. The zero-order valence-corrected chi connectivity index (χ0v) is 17.7. The number of amides is 1. The molecule has 0 aliphatic carbocycles. The lowest BCUT2D eigenvalue weighted by Gasteiger charge is -2.24. The van der Waals surface area contributed by atoms with E-state index in [0.29, 0.717) is 12.5 Å². The van der Waals surface area contributed by atoms with Gasteiger partial charge in [-0.2, -0.15) is 0 Å². The Balaban J connectivity index is 1.52. The van der Waals surface area contributed by atoms with Gasteiger partial charge in [0.25, 0.3) is 0 Å². The molecule has 1 atom stereocenters. The maximum Gasteiger partial charge on any atom is 0.219 e. The molecule has 7 heteroatoms. The fourth-order valence-electron chi connectivity index (χ4n) is 4.18. The van der Waals surface area contributed by atoms with Gasteiger partial charge in [-0.05, 0) is 25.3 Å². The number of aromatic nitrogens is 3. The van der Waals surface area contributed by atoms with E-state index in [-0.39, 0.29) is 5.91 Å². The van der Waals surface area contributed by atoms with Crippen LogP contribution in [0.15, 0.2) is 49.1 Å². The molecular weight excluding hydrogens is 378 g/mol. The molecule has 1 amide bonds. The molecule has 4 rings (SSSR count). The van der Waals surface area contributed by atoms with Crippen molar-refractivity contribution >= 4 is 11.6 Å². The molecule has 0 spiro atoms. The molecule has 1 saturated heterocycles. The summed E-state index contributed by atoms with van der Waals surface area (Å²) in [7, 11) is 0. The number of nitrogens with zero attached hydrogens (tertiary/aromatic N) is 5. The van der Waals surface area contributed by atoms with Gasteiger partial charge in [0.15, 0.2) is 5.65 Å². The van der Waals surface area contributed by atoms with Crippen molar-refractivity contribution in [3.63, 3.8) is 0 Å². The van der Waals surface area contributed by atoms with Gasteiger partial charge >= 0.3 is 0 Å². The van der Waals surface area contributed by atoms with E-state index in [1.807, 2.05) is 46.9 Å². The molecule has 3 aromatic rings. The quantitative estimate of drug-likeness (QED) is 0.629. The molecule has 30 heavy (non-hydrogen) atoms. The van der Waals surface area contributed by atoms with Crippen LogP contribution in [-0.4, -0.2) is 62.9 Å². The molecule has 2 aromatic heterocycles. The van der Waals surface area contributed by atoms with Crippen molar-refractivity contribution < 1.29 is 9.53 Å². The molecule has 158 valence electrons. The second kappa shape index (κ2) is 9.26. The van der Waals surface area contributed by atoms with Crippen LogP contribution in [0.4, 0.5) is 0 Å². The Kier molecular flexibility index (Phi) is 6.28. The standard InChI is InChI=1S/C23H29N5O2/c1-3-30-22-7-5-4-6-20(22)16-26-10-11-27(18(2)29)15-19(14-26)12-21-17-28-9-8-24-23(28)13-25-21/h4-9,13,17,19H,3,10-12,14-16H2,1-2H3. The van der Waals surface area contributed by atoms with Gasteiger partial charge < -0.3 is 14.0 Å². The van der Waals surface area contributed by atoms with Crippen LogP contribution in [0.1, 0.15) is 25.1 Å². The second-order valence-corrected chi connectivity index (χ2v) is 7.88. The van der Waals surface area contributed by atoms with Crippen LogP contribution in [-0.2, 0) is 17.8 Å². The average molecular weight is 408 g/mol. The third-order valence-electron chi connectivity index (χ3n) is 5.62. The SMILES string of the molecule is CCOc1ccccc1CN1CCN(C(C)=O)CC(Cc2cn3ccnc3cn2)C1. The first-order chi connectivity index (χ1) is 14.6. The molecule has 1 unspecified atom stereocenters. The van der Waals surface area contributed by atoms with Crippen molar-refractivity contribution in [1.29, 1.82) is 0 Å². The number of fused-ring (bicyclic) bond motifs is 1. The monoisotopic (exact) mass is 407 g/mol. The summed E-state index contributed by atoms with van der Waals surface area (Å²) >= 11 is 0. The fourth-order valence-corrected chi connectivity index (χ4v) is 4.18. The largest absolute Gasteiger partial charge is 0.494 e. The van der Waals surface area contributed by atoms with E-state index >= 15 is 0 Å². The van der Waals surface area contributed by atoms with Gasteiger partial charge in [-0.15, -0.1) is 0 Å².